The van der Waals surface area contributed by atoms with E-state index >= 15 is 0 Å². The first-order valence-corrected chi connectivity index (χ1v) is 6.17. The summed E-state index contributed by atoms with van der Waals surface area (Å²) in [5, 5.41) is 4.91. The van der Waals surface area contributed by atoms with Crippen LogP contribution in [0.1, 0.15) is 18.9 Å². The largest absolute Gasteiger partial charge is 0.324 e. The van der Waals surface area contributed by atoms with Gasteiger partial charge in [-0.25, -0.2) is 4.79 Å². The van der Waals surface area contributed by atoms with Crippen molar-refractivity contribution in [3.8, 4) is 0 Å². The van der Waals surface area contributed by atoms with E-state index in [-0.39, 0.29) is 5.91 Å². The van der Waals surface area contributed by atoms with Crippen molar-refractivity contribution in [3.05, 3.63) is 34.3 Å². The lowest BCUT2D eigenvalue weighted by Gasteiger charge is -2.20. The summed E-state index contributed by atoms with van der Waals surface area (Å²) in [6, 6.07) is 7.52. The maximum absolute atomic E-state index is 11.6. The topological polar surface area (TPSA) is 58.2 Å². The van der Waals surface area contributed by atoms with E-state index < -0.39 is 11.6 Å². The number of hydrogen-bond acceptors (Lipinski definition) is 2. The number of halogens is 1. The van der Waals surface area contributed by atoms with E-state index in [2.05, 4.69) is 26.6 Å². The molecule has 2 rings (SSSR count). The van der Waals surface area contributed by atoms with Gasteiger partial charge in [0.05, 0.1) is 0 Å². The van der Waals surface area contributed by atoms with Crippen LogP contribution >= 0.6 is 15.9 Å². The number of carbonyl (C=O) groups is 2. The summed E-state index contributed by atoms with van der Waals surface area (Å²) in [4.78, 5) is 22.7. The minimum atomic E-state index is -0.788. The summed E-state index contributed by atoms with van der Waals surface area (Å²) in [6.45, 7) is 1.74. The number of urea groups is 1. The fraction of sp³-hybridized carbons (Fsp3) is 0.333. The number of amides is 3. The summed E-state index contributed by atoms with van der Waals surface area (Å²) in [7, 11) is 0. The van der Waals surface area contributed by atoms with Crippen molar-refractivity contribution >= 4 is 27.9 Å². The summed E-state index contributed by atoms with van der Waals surface area (Å²) in [5.74, 6) is -0.250. The van der Waals surface area contributed by atoms with Gasteiger partial charge in [-0.2, -0.15) is 0 Å². The Kier molecular flexibility index (Phi) is 3.19. The van der Waals surface area contributed by atoms with Gasteiger partial charge in [-0.15, -0.1) is 0 Å². The zero-order valence-corrected chi connectivity index (χ0v) is 11.0. The Hall–Kier alpha value is -1.36. The predicted octanol–water partition coefficient (Wildman–Crippen LogP) is 1.98. The van der Waals surface area contributed by atoms with Crippen LogP contribution in [0.4, 0.5) is 4.79 Å². The summed E-state index contributed by atoms with van der Waals surface area (Å²) in [5.41, 5.74) is 0.354. The molecule has 0 saturated carbocycles. The van der Waals surface area contributed by atoms with Gasteiger partial charge in [0.2, 0.25) is 0 Å². The summed E-state index contributed by atoms with van der Waals surface area (Å²) in [6.07, 6.45) is 1.34. The van der Waals surface area contributed by atoms with Crippen molar-refractivity contribution in [1.82, 2.24) is 10.6 Å². The maximum atomic E-state index is 11.6. The molecular weight excluding hydrogens is 284 g/mol. The van der Waals surface area contributed by atoms with Gasteiger partial charge < -0.3 is 5.32 Å². The second kappa shape index (κ2) is 4.49. The average molecular weight is 297 g/mol. The molecule has 1 atom stereocenters. The van der Waals surface area contributed by atoms with Gasteiger partial charge in [0.25, 0.3) is 5.91 Å². The molecule has 1 saturated heterocycles. The molecule has 1 aromatic rings. The summed E-state index contributed by atoms with van der Waals surface area (Å²) < 4.78 is 1.03. The van der Waals surface area contributed by atoms with Gasteiger partial charge in [-0.3, -0.25) is 10.1 Å². The molecule has 1 aliphatic heterocycles. The molecule has 0 radical (unpaired) electrons. The zero-order valence-electron chi connectivity index (χ0n) is 9.42. The highest BCUT2D eigenvalue weighted by Gasteiger charge is 2.41. The van der Waals surface area contributed by atoms with Crippen molar-refractivity contribution in [2.45, 2.75) is 25.3 Å². The summed E-state index contributed by atoms with van der Waals surface area (Å²) >= 11 is 3.37. The van der Waals surface area contributed by atoms with Crippen LogP contribution in [-0.4, -0.2) is 17.5 Å². The smallest absolute Gasteiger partial charge is 0.322 e. The van der Waals surface area contributed by atoms with E-state index in [4.69, 9.17) is 0 Å². The van der Waals surface area contributed by atoms with E-state index in [1.165, 1.54) is 0 Å². The molecule has 17 heavy (non-hydrogen) atoms. The average Bonchev–Trinajstić information content (AvgIpc) is 2.52. The molecule has 1 heterocycles. The quantitative estimate of drug-likeness (QED) is 0.838. The number of rotatable bonds is 3. The second-order valence-electron chi connectivity index (χ2n) is 4.37. The highest BCUT2D eigenvalue weighted by molar-refractivity contribution is 9.10. The first-order chi connectivity index (χ1) is 7.99. The monoisotopic (exact) mass is 296 g/mol. The maximum Gasteiger partial charge on any atom is 0.322 e. The molecule has 2 N–H and O–H groups in total. The van der Waals surface area contributed by atoms with Crippen molar-refractivity contribution < 1.29 is 9.59 Å². The lowest BCUT2D eigenvalue weighted by atomic mass is 9.93. The van der Waals surface area contributed by atoms with Crippen molar-refractivity contribution in [2.75, 3.05) is 0 Å². The zero-order chi connectivity index (χ0) is 12.5. The van der Waals surface area contributed by atoms with Gasteiger partial charge in [-0.05, 0) is 37.5 Å². The molecule has 1 fully saturated rings. The third-order valence-corrected chi connectivity index (χ3v) is 3.47. The Morgan fingerprint density at radius 3 is 2.41 bits per heavy atom. The van der Waals surface area contributed by atoms with Crippen LogP contribution in [0.5, 0.6) is 0 Å². The lowest BCUT2D eigenvalue weighted by molar-refractivity contribution is -0.123. The molecule has 5 heteroatoms. The first kappa shape index (κ1) is 12.1. The van der Waals surface area contributed by atoms with Crippen LogP contribution in [0.15, 0.2) is 28.7 Å². The van der Waals surface area contributed by atoms with Crippen LogP contribution in [0.25, 0.3) is 0 Å². The SMILES string of the molecule is CC1(CCc2ccc(Br)cc2)NC(=O)NC1=O. The number of benzene rings is 1. The van der Waals surface area contributed by atoms with E-state index in [9.17, 15) is 9.59 Å². The molecule has 0 bridgehead atoms. The molecule has 90 valence electrons. The fourth-order valence-electron chi connectivity index (χ4n) is 1.80. The van der Waals surface area contributed by atoms with Crippen LogP contribution in [0, 0.1) is 0 Å². The highest BCUT2D eigenvalue weighted by Crippen LogP contribution is 2.19. The predicted molar refractivity (Wildman–Crippen MR) is 67.5 cm³/mol. The molecule has 3 amide bonds. The van der Waals surface area contributed by atoms with Crippen LogP contribution < -0.4 is 10.6 Å². The molecular formula is C12H13BrN2O2. The molecule has 0 aliphatic carbocycles. The molecule has 1 unspecified atom stereocenters. The number of imide groups is 1. The molecule has 0 aromatic heterocycles. The van der Waals surface area contributed by atoms with E-state index in [1.807, 2.05) is 24.3 Å². The lowest BCUT2D eigenvalue weighted by Crippen LogP contribution is -2.43. The van der Waals surface area contributed by atoms with Gasteiger partial charge in [-0.1, -0.05) is 28.1 Å². The number of carbonyl (C=O) groups excluding carboxylic acids is 2. The minimum Gasteiger partial charge on any atom is -0.324 e. The standard InChI is InChI=1S/C12H13BrN2O2/c1-12(10(16)14-11(17)15-12)7-6-8-2-4-9(13)5-3-8/h2-5H,6-7H2,1H3,(H2,14,15,16,17). The van der Waals surface area contributed by atoms with Crippen LogP contribution in [0.3, 0.4) is 0 Å². The normalized spacial score (nSPS) is 23.4. The van der Waals surface area contributed by atoms with E-state index in [0.29, 0.717) is 6.42 Å². The first-order valence-electron chi connectivity index (χ1n) is 5.38. The Morgan fingerprint density at radius 2 is 1.88 bits per heavy atom. The van der Waals surface area contributed by atoms with Gasteiger partial charge in [0.1, 0.15) is 5.54 Å². The Morgan fingerprint density at radius 1 is 1.24 bits per heavy atom. The minimum absolute atomic E-state index is 0.250. The molecule has 0 spiro atoms. The van der Waals surface area contributed by atoms with Gasteiger partial charge in [0, 0.05) is 4.47 Å². The molecule has 4 nitrogen and oxygen atoms in total. The van der Waals surface area contributed by atoms with Crippen molar-refractivity contribution in [2.24, 2.45) is 0 Å². The Balaban J connectivity index is 2.00. The fourth-order valence-corrected chi connectivity index (χ4v) is 2.07. The molecule has 1 aliphatic rings. The van der Waals surface area contributed by atoms with Gasteiger partial charge in [0.15, 0.2) is 0 Å². The Labute approximate surface area is 108 Å². The number of aryl methyl sites for hydroxylation is 1. The van der Waals surface area contributed by atoms with Crippen molar-refractivity contribution in [3.63, 3.8) is 0 Å². The number of nitrogens with one attached hydrogen (secondary N) is 2. The van der Waals surface area contributed by atoms with Crippen LogP contribution in [-0.2, 0) is 11.2 Å². The highest BCUT2D eigenvalue weighted by atomic mass is 79.9. The van der Waals surface area contributed by atoms with Crippen LogP contribution in [0.2, 0.25) is 0 Å². The molecule has 1 aromatic carbocycles. The third-order valence-electron chi connectivity index (χ3n) is 2.94. The number of hydrogen-bond donors (Lipinski definition) is 2. The van der Waals surface area contributed by atoms with E-state index in [1.54, 1.807) is 6.92 Å². The van der Waals surface area contributed by atoms with E-state index in [0.717, 1.165) is 16.5 Å². The second-order valence-corrected chi connectivity index (χ2v) is 5.28. The Bertz CT molecular complexity index is 458. The van der Waals surface area contributed by atoms with Crippen molar-refractivity contribution in [1.29, 1.82) is 0 Å². The third kappa shape index (κ3) is 2.66. The van der Waals surface area contributed by atoms with Gasteiger partial charge >= 0.3 is 6.03 Å².